The fourth-order valence-corrected chi connectivity index (χ4v) is 2.88. The van der Waals surface area contributed by atoms with Gasteiger partial charge in [-0.3, -0.25) is 4.79 Å². The minimum absolute atomic E-state index is 0.0769. The molecule has 5 nitrogen and oxygen atoms in total. The number of rotatable bonds is 4. The zero-order chi connectivity index (χ0) is 15.6. The van der Waals surface area contributed by atoms with E-state index in [4.69, 9.17) is 15.2 Å². The molecule has 1 aliphatic rings. The van der Waals surface area contributed by atoms with Gasteiger partial charge in [0.25, 0.3) is 0 Å². The molecule has 1 heterocycles. The zero-order valence-electron chi connectivity index (χ0n) is 12.5. The average molecular weight is 357 g/mol. The number of ether oxygens (including phenoxy) is 2. The number of hydrogen-bond acceptors (Lipinski definition) is 4. The van der Waals surface area contributed by atoms with E-state index in [-0.39, 0.29) is 18.0 Å². The molecule has 0 spiro atoms. The summed E-state index contributed by atoms with van der Waals surface area (Å²) in [5.41, 5.74) is 6.30. The number of methoxy groups -OCH3 is 1. The minimum atomic E-state index is -0.669. The van der Waals surface area contributed by atoms with Gasteiger partial charge in [0.1, 0.15) is 5.75 Å². The lowest BCUT2D eigenvalue weighted by Gasteiger charge is -2.27. The Labute approximate surface area is 133 Å². The maximum absolute atomic E-state index is 12.5. The topological polar surface area (TPSA) is 73.6 Å². The number of nitrogens with two attached hydrogens (primary N) is 1. The molecule has 1 aromatic carbocycles. The lowest BCUT2D eigenvalue weighted by molar-refractivity contribution is -0.131. The number of benzene rings is 1. The van der Waals surface area contributed by atoms with Crippen LogP contribution in [-0.2, 0) is 9.53 Å². The summed E-state index contributed by atoms with van der Waals surface area (Å²) in [5, 5.41) is 3.01. The lowest BCUT2D eigenvalue weighted by Crippen LogP contribution is -2.50. The van der Waals surface area contributed by atoms with E-state index in [0.717, 1.165) is 15.8 Å². The van der Waals surface area contributed by atoms with Gasteiger partial charge in [-0.2, -0.15) is 0 Å². The Hall–Kier alpha value is -1.11. The summed E-state index contributed by atoms with van der Waals surface area (Å²) in [5.74, 6) is 0.683. The van der Waals surface area contributed by atoms with Gasteiger partial charge in [0.2, 0.25) is 5.91 Å². The Morgan fingerprint density at radius 3 is 2.86 bits per heavy atom. The largest absolute Gasteiger partial charge is 0.496 e. The molecule has 0 aromatic heterocycles. The molecular formula is C15H21BrN2O3. The fourth-order valence-electron chi connectivity index (χ4n) is 2.32. The van der Waals surface area contributed by atoms with Crippen LogP contribution in [0.15, 0.2) is 22.7 Å². The molecule has 1 fully saturated rings. The maximum Gasteiger partial charge on any atom is 0.230 e. The molecule has 3 unspecified atom stereocenters. The number of carbonyl (C=O) groups excluding carboxylic acids is 1. The van der Waals surface area contributed by atoms with E-state index in [1.165, 1.54) is 0 Å². The van der Waals surface area contributed by atoms with Gasteiger partial charge in [0.05, 0.1) is 36.3 Å². The molecule has 0 saturated carbocycles. The summed E-state index contributed by atoms with van der Waals surface area (Å²) < 4.78 is 11.4. The first kappa shape index (κ1) is 16.3. The second-order valence-corrected chi connectivity index (χ2v) is 6.48. The second-order valence-electron chi connectivity index (χ2n) is 5.63. The van der Waals surface area contributed by atoms with Crippen LogP contribution in [-0.4, -0.2) is 32.3 Å². The van der Waals surface area contributed by atoms with Crippen LogP contribution in [0.25, 0.3) is 0 Å². The third-order valence-corrected chi connectivity index (χ3v) is 4.68. The number of hydrogen-bond donors (Lipinski definition) is 2. The zero-order valence-corrected chi connectivity index (χ0v) is 14.1. The monoisotopic (exact) mass is 356 g/mol. The van der Waals surface area contributed by atoms with Gasteiger partial charge in [0.15, 0.2) is 0 Å². The average Bonchev–Trinajstić information content (AvgIpc) is 2.79. The van der Waals surface area contributed by atoms with E-state index in [1.54, 1.807) is 7.11 Å². The summed E-state index contributed by atoms with van der Waals surface area (Å²) in [7, 11) is 1.62. The molecule has 1 aliphatic heterocycles. The quantitative estimate of drug-likeness (QED) is 0.865. The standard InChI is InChI=1S/C15H21BrN2O3/c1-9(10-4-5-12(20-3)11(16)6-10)18-14(19)15(2)8-21-7-13(15)17/h4-6,9,13H,7-8,17H2,1-3H3,(H,18,19). The van der Waals surface area contributed by atoms with Crippen molar-refractivity contribution < 1.29 is 14.3 Å². The van der Waals surface area contributed by atoms with Crippen LogP contribution < -0.4 is 15.8 Å². The predicted octanol–water partition coefficient (Wildman–Crippen LogP) is 2.00. The normalized spacial score (nSPS) is 26.4. The van der Waals surface area contributed by atoms with Crippen LogP contribution in [0.5, 0.6) is 5.75 Å². The van der Waals surface area contributed by atoms with Gasteiger partial charge in [-0.05, 0) is 47.5 Å². The molecule has 6 heteroatoms. The molecule has 1 saturated heterocycles. The summed E-state index contributed by atoms with van der Waals surface area (Å²) >= 11 is 3.45. The number of amides is 1. The molecule has 116 valence electrons. The van der Waals surface area contributed by atoms with Crippen molar-refractivity contribution in [2.45, 2.75) is 25.9 Å². The van der Waals surface area contributed by atoms with Gasteiger partial charge in [0, 0.05) is 6.04 Å². The Bertz CT molecular complexity index is 538. The van der Waals surface area contributed by atoms with Crippen molar-refractivity contribution in [2.24, 2.45) is 11.1 Å². The second kappa shape index (κ2) is 6.34. The Morgan fingerprint density at radius 1 is 1.62 bits per heavy atom. The van der Waals surface area contributed by atoms with Crippen LogP contribution >= 0.6 is 15.9 Å². The van der Waals surface area contributed by atoms with Crippen molar-refractivity contribution in [3.8, 4) is 5.75 Å². The van der Waals surface area contributed by atoms with E-state index in [1.807, 2.05) is 32.0 Å². The smallest absolute Gasteiger partial charge is 0.230 e. The van der Waals surface area contributed by atoms with E-state index >= 15 is 0 Å². The number of nitrogens with one attached hydrogen (secondary N) is 1. The van der Waals surface area contributed by atoms with Gasteiger partial charge >= 0.3 is 0 Å². The highest BCUT2D eigenvalue weighted by Gasteiger charge is 2.44. The Morgan fingerprint density at radius 2 is 2.33 bits per heavy atom. The van der Waals surface area contributed by atoms with Crippen LogP contribution in [0.4, 0.5) is 0 Å². The van der Waals surface area contributed by atoms with E-state index in [9.17, 15) is 4.79 Å². The number of halogens is 1. The first-order valence-electron chi connectivity index (χ1n) is 6.86. The van der Waals surface area contributed by atoms with Crippen LogP contribution in [0.3, 0.4) is 0 Å². The highest BCUT2D eigenvalue weighted by molar-refractivity contribution is 9.10. The van der Waals surface area contributed by atoms with Crippen molar-refractivity contribution in [3.63, 3.8) is 0 Å². The van der Waals surface area contributed by atoms with Gasteiger partial charge in [-0.1, -0.05) is 6.07 Å². The molecule has 0 aliphatic carbocycles. The molecule has 0 radical (unpaired) electrons. The van der Waals surface area contributed by atoms with E-state index in [0.29, 0.717) is 13.2 Å². The molecule has 1 aromatic rings. The third-order valence-electron chi connectivity index (χ3n) is 4.06. The summed E-state index contributed by atoms with van der Waals surface area (Å²) in [6, 6.07) is 5.35. The molecule has 3 N–H and O–H groups in total. The molecular weight excluding hydrogens is 336 g/mol. The fraction of sp³-hybridized carbons (Fsp3) is 0.533. The van der Waals surface area contributed by atoms with Crippen molar-refractivity contribution in [3.05, 3.63) is 28.2 Å². The molecule has 3 atom stereocenters. The Kier molecular flexibility index (Phi) is 4.91. The van der Waals surface area contributed by atoms with E-state index < -0.39 is 5.41 Å². The molecule has 2 rings (SSSR count). The summed E-state index contributed by atoms with van der Waals surface area (Å²) in [4.78, 5) is 12.5. The van der Waals surface area contributed by atoms with E-state index in [2.05, 4.69) is 21.2 Å². The van der Waals surface area contributed by atoms with Crippen molar-refractivity contribution in [1.29, 1.82) is 0 Å². The maximum atomic E-state index is 12.5. The summed E-state index contributed by atoms with van der Waals surface area (Å²) in [6.07, 6.45) is 0. The SMILES string of the molecule is COc1ccc(C(C)NC(=O)C2(C)COCC2N)cc1Br. The van der Waals surface area contributed by atoms with Crippen molar-refractivity contribution in [1.82, 2.24) is 5.32 Å². The first-order valence-corrected chi connectivity index (χ1v) is 7.65. The molecule has 21 heavy (non-hydrogen) atoms. The number of carbonyl (C=O) groups is 1. The van der Waals surface area contributed by atoms with Crippen LogP contribution in [0, 0.1) is 5.41 Å². The summed E-state index contributed by atoms with van der Waals surface area (Å²) in [6.45, 7) is 4.57. The highest BCUT2D eigenvalue weighted by Crippen LogP contribution is 2.30. The van der Waals surface area contributed by atoms with Gasteiger partial charge < -0.3 is 20.5 Å². The first-order chi connectivity index (χ1) is 9.88. The molecule has 1 amide bonds. The van der Waals surface area contributed by atoms with Gasteiger partial charge in [-0.25, -0.2) is 0 Å². The van der Waals surface area contributed by atoms with Crippen LogP contribution in [0.1, 0.15) is 25.5 Å². The minimum Gasteiger partial charge on any atom is -0.496 e. The predicted molar refractivity (Wildman–Crippen MR) is 84.2 cm³/mol. The van der Waals surface area contributed by atoms with Gasteiger partial charge in [-0.15, -0.1) is 0 Å². The van der Waals surface area contributed by atoms with Crippen molar-refractivity contribution in [2.75, 3.05) is 20.3 Å². The highest BCUT2D eigenvalue weighted by atomic mass is 79.9. The van der Waals surface area contributed by atoms with Crippen molar-refractivity contribution >= 4 is 21.8 Å². The lowest BCUT2D eigenvalue weighted by atomic mass is 9.84. The Balaban J connectivity index is 2.09. The molecule has 0 bridgehead atoms. The third kappa shape index (κ3) is 3.22. The van der Waals surface area contributed by atoms with Crippen LogP contribution in [0.2, 0.25) is 0 Å².